The maximum Gasteiger partial charge on any atom is 0.148 e. The van der Waals surface area contributed by atoms with E-state index in [0.29, 0.717) is 5.82 Å². The average Bonchev–Trinajstić information content (AvgIpc) is 2.57. The SMILES string of the molecule is Cc1nc(C)n(-c2ccc(F)cc2[C@@H](C)N)n1. The summed E-state index contributed by atoms with van der Waals surface area (Å²) >= 11 is 0. The molecule has 2 N–H and O–H groups in total. The molecule has 0 aliphatic heterocycles. The Balaban J connectivity index is 2.62. The molecule has 0 saturated heterocycles. The lowest BCUT2D eigenvalue weighted by Crippen LogP contribution is -2.12. The van der Waals surface area contributed by atoms with Crippen LogP contribution in [0.25, 0.3) is 5.69 Å². The summed E-state index contributed by atoms with van der Waals surface area (Å²) in [6.07, 6.45) is 0. The van der Waals surface area contributed by atoms with Crippen molar-refractivity contribution in [1.82, 2.24) is 14.8 Å². The van der Waals surface area contributed by atoms with E-state index in [0.717, 1.165) is 17.1 Å². The molecule has 1 aromatic heterocycles. The second-order valence-electron chi connectivity index (χ2n) is 4.11. The van der Waals surface area contributed by atoms with E-state index in [1.807, 2.05) is 20.8 Å². The fraction of sp³-hybridized carbons (Fsp3) is 0.333. The minimum Gasteiger partial charge on any atom is -0.324 e. The normalized spacial score (nSPS) is 12.8. The third kappa shape index (κ3) is 2.19. The summed E-state index contributed by atoms with van der Waals surface area (Å²) in [7, 11) is 0. The standard InChI is InChI=1S/C12H15FN4/c1-7(14)11-6-10(13)4-5-12(11)17-9(3)15-8(2)16-17/h4-7H,14H2,1-3H3/t7-/m1/s1. The molecule has 0 aliphatic rings. The molecule has 0 aliphatic carbocycles. The van der Waals surface area contributed by atoms with Crippen molar-refractivity contribution in [2.75, 3.05) is 0 Å². The van der Waals surface area contributed by atoms with Crippen LogP contribution in [0.3, 0.4) is 0 Å². The van der Waals surface area contributed by atoms with Crippen LogP contribution in [0.4, 0.5) is 4.39 Å². The summed E-state index contributed by atoms with van der Waals surface area (Å²) < 4.78 is 14.9. The first-order chi connectivity index (χ1) is 7.99. The van der Waals surface area contributed by atoms with Crippen molar-refractivity contribution in [3.63, 3.8) is 0 Å². The lowest BCUT2D eigenvalue weighted by Gasteiger charge is -2.13. The van der Waals surface area contributed by atoms with Gasteiger partial charge in [-0.05, 0) is 44.5 Å². The van der Waals surface area contributed by atoms with Gasteiger partial charge in [0.15, 0.2) is 0 Å². The van der Waals surface area contributed by atoms with Crippen molar-refractivity contribution in [1.29, 1.82) is 0 Å². The van der Waals surface area contributed by atoms with E-state index < -0.39 is 0 Å². The monoisotopic (exact) mass is 234 g/mol. The highest BCUT2D eigenvalue weighted by Crippen LogP contribution is 2.21. The van der Waals surface area contributed by atoms with E-state index in [-0.39, 0.29) is 11.9 Å². The summed E-state index contributed by atoms with van der Waals surface area (Å²) in [6, 6.07) is 4.26. The minimum absolute atomic E-state index is 0.260. The number of hydrogen-bond acceptors (Lipinski definition) is 3. The Morgan fingerprint density at radius 2 is 2.06 bits per heavy atom. The fourth-order valence-corrected chi connectivity index (χ4v) is 1.83. The largest absolute Gasteiger partial charge is 0.324 e. The first kappa shape index (κ1) is 11.7. The van der Waals surface area contributed by atoms with Crippen LogP contribution in [0.1, 0.15) is 30.2 Å². The van der Waals surface area contributed by atoms with Gasteiger partial charge in [0.05, 0.1) is 5.69 Å². The molecule has 0 unspecified atom stereocenters. The quantitative estimate of drug-likeness (QED) is 0.865. The van der Waals surface area contributed by atoms with Gasteiger partial charge in [0.2, 0.25) is 0 Å². The maximum absolute atomic E-state index is 13.2. The molecule has 5 heteroatoms. The van der Waals surface area contributed by atoms with E-state index in [2.05, 4.69) is 10.1 Å². The zero-order valence-electron chi connectivity index (χ0n) is 10.1. The van der Waals surface area contributed by atoms with Gasteiger partial charge in [-0.25, -0.2) is 14.1 Å². The molecule has 4 nitrogen and oxygen atoms in total. The summed E-state index contributed by atoms with van der Waals surface area (Å²) in [5.74, 6) is 1.15. The van der Waals surface area contributed by atoms with Gasteiger partial charge < -0.3 is 5.73 Å². The summed E-state index contributed by atoms with van der Waals surface area (Å²) in [5.41, 5.74) is 7.35. The molecule has 0 bridgehead atoms. The molecule has 90 valence electrons. The second-order valence-corrected chi connectivity index (χ2v) is 4.11. The summed E-state index contributed by atoms with van der Waals surface area (Å²) in [4.78, 5) is 4.23. The van der Waals surface area contributed by atoms with Crippen LogP contribution < -0.4 is 5.73 Å². The van der Waals surface area contributed by atoms with Crippen LogP contribution in [0.2, 0.25) is 0 Å². The van der Waals surface area contributed by atoms with Gasteiger partial charge in [-0.3, -0.25) is 0 Å². The van der Waals surface area contributed by atoms with Gasteiger partial charge in [0, 0.05) is 6.04 Å². The number of hydrogen-bond donors (Lipinski definition) is 1. The zero-order chi connectivity index (χ0) is 12.6. The lowest BCUT2D eigenvalue weighted by molar-refractivity contribution is 0.620. The number of nitrogens with zero attached hydrogens (tertiary/aromatic N) is 3. The van der Waals surface area contributed by atoms with Crippen LogP contribution in [0.15, 0.2) is 18.2 Å². The molecule has 0 spiro atoms. The van der Waals surface area contributed by atoms with Crippen LogP contribution in [0, 0.1) is 19.7 Å². The Kier molecular flexibility index (Phi) is 2.93. The maximum atomic E-state index is 13.2. The van der Waals surface area contributed by atoms with Gasteiger partial charge in [-0.15, -0.1) is 0 Å². The van der Waals surface area contributed by atoms with Crippen LogP contribution >= 0.6 is 0 Å². The molecule has 2 aromatic rings. The zero-order valence-corrected chi connectivity index (χ0v) is 10.1. The molecule has 1 aromatic carbocycles. The molecular weight excluding hydrogens is 219 g/mol. The van der Waals surface area contributed by atoms with Gasteiger partial charge in [0.25, 0.3) is 0 Å². The average molecular weight is 234 g/mol. The summed E-state index contributed by atoms with van der Waals surface area (Å²) in [6.45, 7) is 5.49. The minimum atomic E-state index is -0.296. The van der Waals surface area contributed by atoms with E-state index in [1.54, 1.807) is 10.7 Å². The number of rotatable bonds is 2. The smallest absolute Gasteiger partial charge is 0.148 e. The molecular formula is C12H15FN4. The molecule has 1 atom stereocenters. The number of aryl methyl sites for hydroxylation is 2. The van der Waals surface area contributed by atoms with Gasteiger partial charge >= 0.3 is 0 Å². The van der Waals surface area contributed by atoms with Crippen molar-refractivity contribution in [3.05, 3.63) is 41.2 Å². The Morgan fingerprint density at radius 3 is 2.59 bits per heavy atom. The predicted molar refractivity (Wildman–Crippen MR) is 63.4 cm³/mol. The highest BCUT2D eigenvalue weighted by molar-refractivity contribution is 5.43. The second kappa shape index (κ2) is 4.25. The van der Waals surface area contributed by atoms with Crippen LogP contribution in [-0.2, 0) is 0 Å². The van der Waals surface area contributed by atoms with Crippen molar-refractivity contribution in [2.45, 2.75) is 26.8 Å². The third-order valence-corrected chi connectivity index (χ3v) is 2.58. The van der Waals surface area contributed by atoms with E-state index in [9.17, 15) is 4.39 Å². The van der Waals surface area contributed by atoms with E-state index >= 15 is 0 Å². The van der Waals surface area contributed by atoms with Crippen molar-refractivity contribution >= 4 is 0 Å². The Bertz CT molecular complexity index is 545. The molecule has 1 heterocycles. The van der Waals surface area contributed by atoms with Gasteiger partial charge in [-0.2, -0.15) is 5.10 Å². The molecule has 0 fully saturated rings. The fourth-order valence-electron chi connectivity index (χ4n) is 1.83. The van der Waals surface area contributed by atoms with E-state index in [4.69, 9.17) is 5.73 Å². The number of halogens is 1. The Labute approximate surface area is 99.3 Å². The lowest BCUT2D eigenvalue weighted by atomic mass is 10.1. The van der Waals surface area contributed by atoms with Gasteiger partial charge in [0.1, 0.15) is 17.5 Å². The molecule has 2 rings (SSSR count). The Hall–Kier alpha value is -1.75. The Morgan fingerprint density at radius 1 is 1.35 bits per heavy atom. The van der Waals surface area contributed by atoms with Crippen molar-refractivity contribution in [3.8, 4) is 5.69 Å². The van der Waals surface area contributed by atoms with Crippen LogP contribution in [-0.4, -0.2) is 14.8 Å². The number of benzene rings is 1. The summed E-state index contributed by atoms with van der Waals surface area (Å²) in [5, 5.41) is 4.28. The highest BCUT2D eigenvalue weighted by Gasteiger charge is 2.13. The van der Waals surface area contributed by atoms with Crippen molar-refractivity contribution < 1.29 is 4.39 Å². The first-order valence-corrected chi connectivity index (χ1v) is 5.44. The topological polar surface area (TPSA) is 56.7 Å². The molecule has 0 saturated carbocycles. The first-order valence-electron chi connectivity index (χ1n) is 5.44. The predicted octanol–water partition coefficient (Wildman–Crippen LogP) is 2.04. The van der Waals surface area contributed by atoms with Crippen molar-refractivity contribution in [2.24, 2.45) is 5.73 Å². The highest BCUT2D eigenvalue weighted by atomic mass is 19.1. The molecule has 17 heavy (non-hydrogen) atoms. The van der Waals surface area contributed by atoms with Gasteiger partial charge in [-0.1, -0.05) is 0 Å². The molecule has 0 amide bonds. The third-order valence-electron chi connectivity index (χ3n) is 2.58. The molecule has 0 radical (unpaired) electrons. The number of nitrogens with two attached hydrogens (primary N) is 1. The number of aromatic nitrogens is 3. The van der Waals surface area contributed by atoms with Crippen LogP contribution in [0.5, 0.6) is 0 Å². The van der Waals surface area contributed by atoms with E-state index in [1.165, 1.54) is 12.1 Å².